The van der Waals surface area contributed by atoms with Gasteiger partial charge in [0.2, 0.25) is 0 Å². The van der Waals surface area contributed by atoms with Crippen LogP contribution in [0.4, 0.5) is 0 Å². The molecule has 2 unspecified atom stereocenters. The number of rotatable bonds is 6. The van der Waals surface area contributed by atoms with E-state index in [0.717, 1.165) is 45.6 Å². The molecule has 0 radical (unpaired) electrons. The molecule has 7 heteroatoms. The molecule has 0 N–H and O–H groups in total. The smallest absolute Gasteiger partial charge is 0.273 e. The average Bonchev–Trinajstić information content (AvgIpc) is 3.51. The Labute approximate surface area is 179 Å². The quantitative estimate of drug-likeness (QED) is 0.604. The molecule has 29 heavy (non-hydrogen) atoms. The molecule has 150 valence electrons. The van der Waals surface area contributed by atoms with Crippen molar-refractivity contribution < 1.29 is 4.79 Å². The van der Waals surface area contributed by atoms with Crippen LogP contribution in [0.5, 0.6) is 0 Å². The van der Waals surface area contributed by atoms with Gasteiger partial charge < -0.3 is 4.90 Å². The maximum absolute atomic E-state index is 12.9. The van der Waals surface area contributed by atoms with Crippen molar-refractivity contribution in [2.24, 2.45) is 11.3 Å². The number of hydrogen-bond acceptors (Lipinski definition) is 6. The first kappa shape index (κ1) is 18.9. The predicted molar refractivity (Wildman–Crippen MR) is 116 cm³/mol. The molecule has 5 rings (SSSR count). The van der Waals surface area contributed by atoms with Crippen LogP contribution in [-0.4, -0.2) is 51.9 Å². The first-order chi connectivity index (χ1) is 14.2. The number of thiazole rings is 2. The third-order valence-electron chi connectivity index (χ3n) is 6.37. The predicted octanol–water partition coefficient (Wildman–Crippen LogP) is 3.81. The standard InChI is InChI=1S/C22H24N4OS2/c27-21(19-13-28-16-24-19)26-11-18-10-25(12-20-23-8-9-29-20)14-22(18,15-26)7-6-17-4-2-1-3-5-17/h1-5,8-9,13,16,18H,6-7,10-12,14-15H2. The van der Waals surface area contributed by atoms with Gasteiger partial charge in [0.25, 0.3) is 5.91 Å². The van der Waals surface area contributed by atoms with Gasteiger partial charge in [0, 0.05) is 48.6 Å². The highest BCUT2D eigenvalue weighted by atomic mass is 32.1. The minimum atomic E-state index is 0.0891. The van der Waals surface area contributed by atoms with E-state index >= 15 is 0 Å². The number of carbonyl (C=O) groups is 1. The number of benzene rings is 1. The van der Waals surface area contributed by atoms with Crippen LogP contribution in [0.25, 0.3) is 0 Å². The summed E-state index contributed by atoms with van der Waals surface area (Å²) in [4.78, 5) is 26.2. The molecule has 5 nitrogen and oxygen atoms in total. The Morgan fingerprint density at radius 3 is 2.83 bits per heavy atom. The average molecular weight is 425 g/mol. The SMILES string of the molecule is O=C(c1cscn1)N1CC2CN(Cc3nccs3)CC2(CCc2ccccc2)C1. The molecular formula is C22H24N4OS2. The fraction of sp³-hybridized carbons (Fsp3) is 0.409. The van der Waals surface area contributed by atoms with Crippen molar-refractivity contribution in [2.45, 2.75) is 19.4 Å². The number of aromatic nitrogens is 2. The zero-order valence-electron chi connectivity index (χ0n) is 16.2. The monoisotopic (exact) mass is 424 g/mol. The van der Waals surface area contributed by atoms with Crippen molar-refractivity contribution >= 4 is 28.6 Å². The summed E-state index contributed by atoms with van der Waals surface area (Å²) in [5, 5.41) is 5.09. The van der Waals surface area contributed by atoms with Crippen molar-refractivity contribution in [3.05, 3.63) is 69.1 Å². The molecule has 2 aliphatic heterocycles. The molecular weight excluding hydrogens is 400 g/mol. The van der Waals surface area contributed by atoms with Crippen molar-refractivity contribution in [1.29, 1.82) is 0 Å². The molecule has 2 saturated heterocycles. The lowest BCUT2D eigenvalue weighted by atomic mass is 9.76. The Bertz CT molecular complexity index is 945. The zero-order valence-corrected chi connectivity index (χ0v) is 17.9. The highest BCUT2D eigenvalue weighted by Gasteiger charge is 2.53. The number of hydrogen-bond donors (Lipinski definition) is 0. The maximum Gasteiger partial charge on any atom is 0.273 e. The van der Waals surface area contributed by atoms with Gasteiger partial charge in [-0.25, -0.2) is 9.97 Å². The van der Waals surface area contributed by atoms with E-state index in [0.29, 0.717) is 11.6 Å². The maximum atomic E-state index is 12.9. The Morgan fingerprint density at radius 2 is 2.07 bits per heavy atom. The fourth-order valence-electron chi connectivity index (χ4n) is 4.96. The zero-order chi connectivity index (χ0) is 19.7. The van der Waals surface area contributed by atoms with Crippen LogP contribution in [0.15, 0.2) is 52.8 Å². The fourth-order valence-corrected chi connectivity index (χ4v) is 6.15. The summed E-state index contributed by atoms with van der Waals surface area (Å²) in [7, 11) is 0. The highest BCUT2D eigenvalue weighted by molar-refractivity contribution is 7.09. The van der Waals surface area contributed by atoms with Crippen LogP contribution in [0.3, 0.4) is 0 Å². The Kier molecular flexibility index (Phi) is 5.20. The Balaban J connectivity index is 1.34. The lowest BCUT2D eigenvalue weighted by Crippen LogP contribution is -2.37. The lowest BCUT2D eigenvalue weighted by Gasteiger charge is -2.29. The molecule has 3 aromatic rings. The number of aryl methyl sites for hydroxylation is 1. The summed E-state index contributed by atoms with van der Waals surface area (Å²) in [6.07, 6.45) is 4.05. The summed E-state index contributed by atoms with van der Waals surface area (Å²) in [5.41, 5.74) is 3.86. The van der Waals surface area contributed by atoms with E-state index in [4.69, 9.17) is 0 Å². The van der Waals surface area contributed by atoms with Crippen molar-refractivity contribution in [2.75, 3.05) is 26.2 Å². The third-order valence-corrected chi connectivity index (χ3v) is 7.72. The van der Waals surface area contributed by atoms with Crippen molar-refractivity contribution in [3.8, 4) is 0 Å². The van der Waals surface area contributed by atoms with E-state index in [1.165, 1.54) is 21.9 Å². The number of nitrogens with zero attached hydrogens (tertiary/aromatic N) is 4. The number of likely N-dealkylation sites (tertiary alicyclic amines) is 2. The second-order valence-electron chi connectivity index (χ2n) is 8.20. The van der Waals surface area contributed by atoms with Gasteiger partial charge in [-0.05, 0) is 24.3 Å². The van der Waals surface area contributed by atoms with Gasteiger partial charge in [-0.2, -0.15) is 0 Å². The molecule has 2 aliphatic rings. The van der Waals surface area contributed by atoms with Crippen LogP contribution in [0, 0.1) is 11.3 Å². The molecule has 0 aliphatic carbocycles. The molecule has 2 aromatic heterocycles. The summed E-state index contributed by atoms with van der Waals surface area (Å²) in [6.45, 7) is 4.65. The molecule has 2 atom stereocenters. The lowest BCUT2D eigenvalue weighted by molar-refractivity contribution is 0.0750. The van der Waals surface area contributed by atoms with Gasteiger partial charge in [0.15, 0.2) is 0 Å². The minimum Gasteiger partial charge on any atom is -0.336 e. The summed E-state index contributed by atoms with van der Waals surface area (Å²) in [5.74, 6) is 0.597. The largest absolute Gasteiger partial charge is 0.336 e. The van der Waals surface area contributed by atoms with E-state index in [1.54, 1.807) is 16.8 Å². The number of amides is 1. The molecule has 0 saturated carbocycles. The van der Waals surface area contributed by atoms with E-state index < -0.39 is 0 Å². The van der Waals surface area contributed by atoms with E-state index in [-0.39, 0.29) is 11.3 Å². The van der Waals surface area contributed by atoms with E-state index in [2.05, 4.69) is 45.2 Å². The van der Waals surface area contributed by atoms with Gasteiger partial charge in [-0.3, -0.25) is 9.69 Å². The molecule has 1 aromatic carbocycles. The molecule has 1 amide bonds. The molecule has 2 fully saturated rings. The first-order valence-corrected chi connectivity index (χ1v) is 11.9. The number of carbonyl (C=O) groups excluding carboxylic acids is 1. The van der Waals surface area contributed by atoms with E-state index in [9.17, 15) is 4.79 Å². The topological polar surface area (TPSA) is 49.3 Å². The van der Waals surface area contributed by atoms with Gasteiger partial charge in [-0.1, -0.05) is 30.3 Å². The van der Waals surface area contributed by atoms with E-state index in [1.807, 2.05) is 21.9 Å². The van der Waals surface area contributed by atoms with Crippen LogP contribution in [0.2, 0.25) is 0 Å². The number of fused-ring (bicyclic) bond motifs is 1. The van der Waals surface area contributed by atoms with Crippen molar-refractivity contribution in [1.82, 2.24) is 19.8 Å². The van der Waals surface area contributed by atoms with Crippen LogP contribution >= 0.6 is 22.7 Å². The van der Waals surface area contributed by atoms with Crippen LogP contribution < -0.4 is 0 Å². The van der Waals surface area contributed by atoms with Crippen LogP contribution in [0.1, 0.15) is 27.5 Å². The Morgan fingerprint density at radius 1 is 1.17 bits per heavy atom. The van der Waals surface area contributed by atoms with Gasteiger partial charge in [0.1, 0.15) is 10.7 Å². The normalized spacial score (nSPS) is 24.1. The molecule has 0 bridgehead atoms. The van der Waals surface area contributed by atoms with Gasteiger partial charge >= 0.3 is 0 Å². The van der Waals surface area contributed by atoms with Gasteiger partial charge in [0.05, 0.1) is 12.1 Å². The molecule has 4 heterocycles. The highest BCUT2D eigenvalue weighted by Crippen LogP contribution is 2.46. The minimum absolute atomic E-state index is 0.0891. The van der Waals surface area contributed by atoms with Crippen LogP contribution in [-0.2, 0) is 13.0 Å². The summed E-state index contributed by atoms with van der Waals surface area (Å²) >= 11 is 3.21. The summed E-state index contributed by atoms with van der Waals surface area (Å²) in [6, 6.07) is 10.7. The third kappa shape index (κ3) is 3.86. The van der Waals surface area contributed by atoms with Gasteiger partial charge in [-0.15, -0.1) is 22.7 Å². The first-order valence-electron chi connectivity index (χ1n) is 10.0. The second kappa shape index (κ2) is 7.97. The molecule has 0 spiro atoms. The second-order valence-corrected chi connectivity index (χ2v) is 9.90. The Hall–Kier alpha value is -2.09. The summed E-state index contributed by atoms with van der Waals surface area (Å²) < 4.78 is 0. The van der Waals surface area contributed by atoms with Crippen molar-refractivity contribution in [3.63, 3.8) is 0 Å².